The molecule has 1 N–H and O–H groups in total. The van der Waals surface area contributed by atoms with Crippen LogP contribution in [0.15, 0.2) is 60.9 Å². The maximum atomic E-state index is 12.9. The number of hydrogen-bond donors (Lipinski definition) is 1. The van der Waals surface area contributed by atoms with E-state index in [1.54, 1.807) is 19.1 Å². The number of rotatable bonds is 4. The molecule has 0 radical (unpaired) electrons. The van der Waals surface area contributed by atoms with Gasteiger partial charge in [0, 0.05) is 12.4 Å². The lowest BCUT2D eigenvalue weighted by molar-refractivity contribution is -0.137. The van der Waals surface area contributed by atoms with Crippen LogP contribution in [0.3, 0.4) is 0 Å². The second kappa shape index (κ2) is 7.45. The Labute approximate surface area is 152 Å². The maximum Gasteiger partial charge on any atom is 0.416 e. The molecular formula is C19H14F3N3O2. The molecule has 0 bridgehead atoms. The van der Waals surface area contributed by atoms with Crippen LogP contribution in [-0.4, -0.2) is 15.9 Å². The highest BCUT2D eigenvalue weighted by atomic mass is 19.4. The van der Waals surface area contributed by atoms with Crippen molar-refractivity contribution in [3.05, 3.63) is 77.6 Å². The molecule has 0 aliphatic carbocycles. The summed E-state index contributed by atoms with van der Waals surface area (Å²) in [5.74, 6) is -0.349. The molecule has 0 saturated heterocycles. The Balaban J connectivity index is 1.86. The first-order valence-corrected chi connectivity index (χ1v) is 7.87. The van der Waals surface area contributed by atoms with Crippen LogP contribution in [0.4, 0.5) is 19.0 Å². The molecule has 0 aliphatic heterocycles. The molecule has 5 nitrogen and oxygen atoms in total. The molecule has 0 spiro atoms. The van der Waals surface area contributed by atoms with Crippen LogP contribution in [0.1, 0.15) is 21.5 Å². The van der Waals surface area contributed by atoms with E-state index in [4.69, 9.17) is 4.74 Å². The summed E-state index contributed by atoms with van der Waals surface area (Å²) in [4.78, 5) is 20.6. The molecular weight excluding hydrogens is 359 g/mol. The quantitative estimate of drug-likeness (QED) is 0.710. The van der Waals surface area contributed by atoms with Crippen molar-refractivity contribution >= 4 is 11.7 Å². The molecule has 0 saturated carbocycles. The number of ether oxygens (including phenoxy) is 1. The fraction of sp³-hybridized carbons (Fsp3) is 0.105. The number of alkyl halides is 3. The third-order valence-electron chi connectivity index (χ3n) is 3.63. The topological polar surface area (TPSA) is 64.1 Å². The van der Waals surface area contributed by atoms with Crippen molar-refractivity contribution in [2.75, 3.05) is 5.32 Å². The van der Waals surface area contributed by atoms with Gasteiger partial charge in [-0.3, -0.25) is 4.79 Å². The molecule has 0 unspecified atom stereocenters. The zero-order valence-electron chi connectivity index (χ0n) is 14.1. The number of nitrogens with zero attached hydrogens (tertiary/aromatic N) is 2. The fourth-order valence-corrected chi connectivity index (χ4v) is 2.28. The summed E-state index contributed by atoms with van der Waals surface area (Å²) in [6, 6.07) is 10.9. The van der Waals surface area contributed by atoms with Crippen LogP contribution >= 0.6 is 0 Å². The van der Waals surface area contributed by atoms with Gasteiger partial charge < -0.3 is 10.1 Å². The first-order chi connectivity index (χ1) is 12.8. The number of pyridine rings is 2. The SMILES string of the molecule is Cc1cccnc1NC(=O)c1cccnc1Oc1cccc(C(F)(F)F)c1. The van der Waals surface area contributed by atoms with Crippen LogP contribution in [0.5, 0.6) is 11.6 Å². The van der Waals surface area contributed by atoms with Crippen LogP contribution in [0.2, 0.25) is 0 Å². The van der Waals surface area contributed by atoms with Gasteiger partial charge in [-0.1, -0.05) is 12.1 Å². The Morgan fingerprint density at radius 3 is 2.52 bits per heavy atom. The smallest absolute Gasteiger partial charge is 0.416 e. The van der Waals surface area contributed by atoms with Crippen LogP contribution in [0, 0.1) is 6.92 Å². The van der Waals surface area contributed by atoms with Gasteiger partial charge in [0.15, 0.2) is 0 Å². The lowest BCUT2D eigenvalue weighted by atomic mass is 10.2. The number of carbonyl (C=O) groups is 1. The third-order valence-corrected chi connectivity index (χ3v) is 3.63. The molecule has 1 aromatic carbocycles. The summed E-state index contributed by atoms with van der Waals surface area (Å²) in [5, 5.41) is 2.64. The van der Waals surface area contributed by atoms with Crippen molar-refractivity contribution in [3.63, 3.8) is 0 Å². The maximum absolute atomic E-state index is 12.9. The van der Waals surface area contributed by atoms with E-state index in [-0.39, 0.29) is 17.2 Å². The van der Waals surface area contributed by atoms with E-state index in [9.17, 15) is 18.0 Å². The molecule has 3 aromatic rings. The average molecular weight is 373 g/mol. The molecule has 0 atom stereocenters. The van der Waals surface area contributed by atoms with Gasteiger partial charge in [-0.05, 0) is 48.9 Å². The lowest BCUT2D eigenvalue weighted by Gasteiger charge is -2.12. The average Bonchev–Trinajstić information content (AvgIpc) is 2.63. The van der Waals surface area contributed by atoms with Gasteiger partial charge in [0.2, 0.25) is 5.88 Å². The predicted octanol–water partition coefficient (Wildman–Crippen LogP) is 4.85. The number of benzene rings is 1. The summed E-state index contributed by atoms with van der Waals surface area (Å²) in [5.41, 5.74) is -0.0268. The fourth-order valence-electron chi connectivity index (χ4n) is 2.28. The van der Waals surface area contributed by atoms with Crippen molar-refractivity contribution in [1.29, 1.82) is 0 Å². The van der Waals surface area contributed by atoms with Crippen molar-refractivity contribution < 1.29 is 22.7 Å². The third kappa shape index (κ3) is 4.41. The number of carbonyl (C=O) groups excluding carboxylic acids is 1. The van der Waals surface area contributed by atoms with Crippen molar-refractivity contribution in [2.24, 2.45) is 0 Å². The predicted molar refractivity (Wildman–Crippen MR) is 92.7 cm³/mol. The highest BCUT2D eigenvalue weighted by molar-refractivity contribution is 6.05. The van der Waals surface area contributed by atoms with Crippen LogP contribution < -0.4 is 10.1 Å². The lowest BCUT2D eigenvalue weighted by Crippen LogP contribution is -2.15. The number of halogens is 3. The highest BCUT2D eigenvalue weighted by Gasteiger charge is 2.30. The molecule has 2 heterocycles. The number of amides is 1. The highest BCUT2D eigenvalue weighted by Crippen LogP contribution is 2.33. The first kappa shape index (κ1) is 18.4. The minimum atomic E-state index is -4.50. The normalized spacial score (nSPS) is 11.1. The standard InChI is InChI=1S/C19H14F3N3O2/c1-12-5-3-9-23-16(12)25-17(26)15-8-4-10-24-18(15)27-14-7-2-6-13(11-14)19(20,21)22/h2-11H,1H3,(H,23,25,26). The summed E-state index contributed by atoms with van der Waals surface area (Å²) < 4.78 is 44.0. The minimum absolute atomic E-state index is 0.0694. The van der Waals surface area contributed by atoms with Crippen LogP contribution in [0.25, 0.3) is 0 Å². The summed E-state index contributed by atoms with van der Waals surface area (Å²) in [7, 11) is 0. The Morgan fingerprint density at radius 1 is 1.04 bits per heavy atom. The second-order valence-electron chi connectivity index (χ2n) is 5.61. The number of hydrogen-bond acceptors (Lipinski definition) is 4. The van der Waals surface area contributed by atoms with Gasteiger partial charge in [-0.25, -0.2) is 9.97 Å². The second-order valence-corrected chi connectivity index (χ2v) is 5.61. The van der Waals surface area contributed by atoms with Gasteiger partial charge in [0.1, 0.15) is 17.1 Å². The summed E-state index contributed by atoms with van der Waals surface area (Å²) in [6.45, 7) is 1.78. The molecule has 3 rings (SSSR count). The van der Waals surface area contributed by atoms with E-state index in [2.05, 4.69) is 15.3 Å². The monoisotopic (exact) mass is 373 g/mol. The number of anilines is 1. The zero-order valence-corrected chi connectivity index (χ0v) is 14.1. The molecule has 0 fully saturated rings. The van der Waals surface area contributed by atoms with Gasteiger partial charge in [0.05, 0.1) is 5.56 Å². The largest absolute Gasteiger partial charge is 0.438 e. The molecule has 1 amide bonds. The van der Waals surface area contributed by atoms with E-state index in [1.165, 1.54) is 36.7 Å². The van der Waals surface area contributed by atoms with Gasteiger partial charge in [0.25, 0.3) is 5.91 Å². The summed E-state index contributed by atoms with van der Waals surface area (Å²) >= 11 is 0. The van der Waals surface area contributed by atoms with E-state index in [0.717, 1.165) is 17.7 Å². The molecule has 27 heavy (non-hydrogen) atoms. The molecule has 0 aliphatic rings. The Bertz CT molecular complexity index is 974. The number of aromatic nitrogens is 2. The van der Waals surface area contributed by atoms with Gasteiger partial charge in [-0.2, -0.15) is 13.2 Å². The van der Waals surface area contributed by atoms with Crippen molar-refractivity contribution in [1.82, 2.24) is 9.97 Å². The van der Waals surface area contributed by atoms with Crippen molar-refractivity contribution in [2.45, 2.75) is 13.1 Å². The minimum Gasteiger partial charge on any atom is -0.438 e. The summed E-state index contributed by atoms with van der Waals surface area (Å²) in [6.07, 6.45) is -1.59. The van der Waals surface area contributed by atoms with E-state index < -0.39 is 17.6 Å². The van der Waals surface area contributed by atoms with Gasteiger partial charge >= 0.3 is 6.18 Å². The molecule has 8 heteroatoms. The Kier molecular flexibility index (Phi) is 5.07. The van der Waals surface area contributed by atoms with Gasteiger partial charge in [-0.15, -0.1) is 0 Å². The van der Waals surface area contributed by atoms with Crippen LogP contribution in [-0.2, 0) is 6.18 Å². The molecule has 2 aromatic heterocycles. The first-order valence-electron chi connectivity index (χ1n) is 7.87. The van der Waals surface area contributed by atoms with Crippen molar-refractivity contribution in [3.8, 4) is 11.6 Å². The van der Waals surface area contributed by atoms with E-state index in [0.29, 0.717) is 5.82 Å². The van der Waals surface area contributed by atoms with E-state index in [1.807, 2.05) is 0 Å². The number of nitrogens with one attached hydrogen (secondary N) is 1. The molecule has 138 valence electrons. The zero-order chi connectivity index (χ0) is 19.4. The Hall–Kier alpha value is -3.42. The van der Waals surface area contributed by atoms with E-state index >= 15 is 0 Å². The Morgan fingerprint density at radius 2 is 1.78 bits per heavy atom. The number of aryl methyl sites for hydroxylation is 1.